The van der Waals surface area contributed by atoms with Gasteiger partial charge in [-0.3, -0.25) is 4.79 Å². The molecule has 1 heterocycles. The first kappa shape index (κ1) is 16.7. The van der Waals surface area contributed by atoms with E-state index >= 15 is 0 Å². The summed E-state index contributed by atoms with van der Waals surface area (Å²) in [5.74, 6) is -0.872. The highest BCUT2D eigenvalue weighted by Gasteiger charge is 2.26. The highest BCUT2D eigenvalue weighted by molar-refractivity contribution is 9.10. The topological polar surface area (TPSA) is 52.7 Å². The predicted octanol–water partition coefficient (Wildman–Crippen LogP) is 2.47. The minimum atomic E-state index is -0.531. The molecule has 0 unspecified atom stereocenters. The van der Waals surface area contributed by atoms with E-state index < -0.39 is 5.82 Å². The Morgan fingerprint density at radius 3 is 2.50 bits per heavy atom. The first-order valence-corrected chi connectivity index (χ1v) is 8.09. The number of nitrogens with zero attached hydrogens (tertiary/aromatic N) is 2. The van der Waals surface area contributed by atoms with Crippen molar-refractivity contribution < 1.29 is 14.0 Å². The average molecular weight is 372 g/mol. The summed E-state index contributed by atoms with van der Waals surface area (Å²) in [4.78, 5) is 27.5. The maximum atomic E-state index is 13.8. The summed E-state index contributed by atoms with van der Waals surface area (Å²) in [6.45, 7) is 4.35. The van der Waals surface area contributed by atoms with Gasteiger partial charge in [-0.2, -0.15) is 0 Å². The Morgan fingerprint density at radius 1 is 1.23 bits per heavy atom. The van der Waals surface area contributed by atoms with Crippen LogP contribution < -0.4 is 5.32 Å². The Labute approximate surface area is 137 Å². The van der Waals surface area contributed by atoms with E-state index in [2.05, 4.69) is 21.2 Å². The standard InChI is InChI=1S/C15H19BrFN3O2/c1-2-5-18-15(22)20-8-6-19(7-9-20)14(21)12-10-11(16)3-4-13(12)17/h3-4,10H,2,5-9H2,1H3,(H,18,22). The van der Waals surface area contributed by atoms with E-state index in [1.165, 1.54) is 12.1 Å². The van der Waals surface area contributed by atoms with Gasteiger partial charge in [-0.15, -0.1) is 0 Å². The molecular formula is C15H19BrFN3O2. The quantitative estimate of drug-likeness (QED) is 0.887. The number of rotatable bonds is 3. The number of carbonyl (C=O) groups excluding carboxylic acids is 2. The Morgan fingerprint density at radius 2 is 1.86 bits per heavy atom. The second kappa shape index (κ2) is 7.58. The van der Waals surface area contributed by atoms with Crippen molar-refractivity contribution in [2.45, 2.75) is 13.3 Å². The number of halogens is 2. The van der Waals surface area contributed by atoms with Gasteiger partial charge in [0.05, 0.1) is 5.56 Å². The lowest BCUT2D eigenvalue weighted by Crippen LogP contribution is -2.53. The van der Waals surface area contributed by atoms with Crippen LogP contribution in [-0.4, -0.2) is 54.5 Å². The summed E-state index contributed by atoms with van der Waals surface area (Å²) in [7, 11) is 0. The van der Waals surface area contributed by atoms with E-state index in [-0.39, 0.29) is 17.5 Å². The Hall–Kier alpha value is -1.63. The summed E-state index contributed by atoms with van der Waals surface area (Å²) < 4.78 is 14.4. The largest absolute Gasteiger partial charge is 0.338 e. The van der Waals surface area contributed by atoms with Gasteiger partial charge in [-0.25, -0.2) is 9.18 Å². The van der Waals surface area contributed by atoms with Gasteiger partial charge in [-0.05, 0) is 24.6 Å². The molecule has 1 aromatic carbocycles. The fourth-order valence-electron chi connectivity index (χ4n) is 2.29. The molecule has 0 atom stereocenters. The lowest BCUT2D eigenvalue weighted by molar-refractivity contribution is 0.0660. The third-order valence-electron chi connectivity index (χ3n) is 3.54. The minimum Gasteiger partial charge on any atom is -0.338 e. The second-order valence-electron chi connectivity index (χ2n) is 5.14. The molecule has 5 nitrogen and oxygen atoms in total. The van der Waals surface area contributed by atoms with Crippen molar-refractivity contribution in [3.8, 4) is 0 Å². The molecule has 1 aliphatic heterocycles. The van der Waals surface area contributed by atoms with Crippen LogP contribution in [0, 0.1) is 5.82 Å². The SMILES string of the molecule is CCCNC(=O)N1CCN(C(=O)c2cc(Br)ccc2F)CC1. The molecule has 2 rings (SSSR count). The van der Waals surface area contributed by atoms with Crippen molar-refractivity contribution in [3.63, 3.8) is 0 Å². The molecule has 0 aliphatic carbocycles. The average Bonchev–Trinajstić information content (AvgIpc) is 2.54. The monoisotopic (exact) mass is 371 g/mol. The van der Waals surface area contributed by atoms with Gasteiger partial charge in [0.2, 0.25) is 0 Å². The van der Waals surface area contributed by atoms with Gasteiger partial charge in [0, 0.05) is 37.2 Å². The van der Waals surface area contributed by atoms with Crippen molar-refractivity contribution in [2.24, 2.45) is 0 Å². The van der Waals surface area contributed by atoms with E-state index in [1.54, 1.807) is 15.9 Å². The van der Waals surface area contributed by atoms with E-state index in [0.29, 0.717) is 37.2 Å². The number of benzene rings is 1. The number of amides is 3. The van der Waals surface area contributed by atoms with E-state index in [4.69, 9.17) is 0 Å². The van der Waals surface area contributed by atoms with Crippen molar-refractivity contribution in [3.05, 3.63) is 34.1 Å². The summed E-state index contributed by atoms with van der Waals surface area (Å²) >= 11 is 3.24. The number of hydrogen-bond acceptors (Lipinski definition) is 2. The van der Waals surface area contributed by atoms with Crippen LogP contribution in [0.1, 0.15) is 23.7 Å². The molecule has 1 aliphatic rings. The normalized spacial score (nSPS) is 14.9. The first-order valence-electron chi connectivity index (χ1n) is 7.30. The highest BCUT2D eigenvalue weighted by Crippen LogP contribution is 2.18. The van der Waals surface area contributed by atoms with Gasteiger partial charge in [0.15, 0.2) is 0 Å². The fourth-order valence-corrected chi connectivity index (χ4v) is 2.65. The molecule has 0 saturated carbocycles. The van der Waals surface area contributed by atoms with E-state index in [9.17, 15) is 14.0 Å². The molecule has 1 aromatic rings. The van der Waals surface area contributed by atoms with E-state index in [1.807, 2.05) is 6.92 Å². The van der Waals surface area contributed by atoms with Gasteiger partial charge >= 0.3 is 6.03 Å². The zero-order valence-corrected chi connectivity index (χ0v) is 14.0. The zero-order valence-electron chi connectivity index (χ0n) is 12.4. The summed E-state index contributed by atoms with van der Waals surface area (Å²) in [6, 6.07) is 4.20. The maximum Gasteiger partial charge on any atom is 0.317 e. The maximum absolute atomic E-state index is 13.8. The zero-order chi connectivity index (χ0) is 16.1. The Bertz CT molecular complexity index is 560. The summed E-state index contributed by atoms with van der Waals surface area (Å²) in [5, 5.41) is 2.81. The van der Waals surface area contributed by atoms with Crippen molar-refractivity contribution >= 4 is 27.9 Å². The van der Waals surface area contributed by atoms with E-state index in [0.717, 1.165) is 6.42 Å². The molecule has 22 heavy (non-hydrogen) atoms. The summed E-state index contributed by atoms with van der Waals surface area (Å²) in [6.07, 6.45) is 0.881. The van der Waals surface area contributed by atoms with Crippen LogP contribution in [0.2, 0.25) is 0 Å². The predicted molar refractivity (Wildman–Crippen MR) is 85.3 cm³/mol. The number of piperazine rings is 1. The molecule has 1 N–H and O–H groups in total. The van der Waals surface area contributed by atoms with Crippen molar-refractivity contribution in [2.75, 3.05) is 32.7 Å². The molecule has 1 saturated heterocycles. The molecule has 0 bridgehead atoms. The van der Waals surface area contributed by atoms with Crippen LogP contribution in [0.15, 0.2) is 22.7 Å². The first-order chi connectivity index (χ1) is 10.5. The second-order valence-corrected chi connectivity index (χ2v) is 6.05. The fraction of sp³-hybridized carbons (Fsp3) is 0.467. The molecule has 0 spiro atoms. The molecule has 1 fully saturated rings. The Kier molecular flexibility index (Phi) is 5.76. The van der Waals surface area contributed by atoms with Gasteiger partial charge in [-0.1, -0.05) is 22.9 Å². The Balaban J connectivity index is 1.95. The minimum absolute atomic E-state index is 0.0539. The number of nitrogens with one attached hydrogen (secondary N) is 1. The van der Waals surface area contributed by atoms with Crippen LogP contribution in [0.5, 0.6) is 0 Å². The van der Waals surface area contributed by atoms with Gasteiger partial charge < -0.3 is 15.1 Å². The lowest BCUT2D eigenvalue weighted by Gasteiger charge is -2.34. The van der Waals surface area contributed by atoms with Crippen molar-refractivity contribution in [1.29, 1.82) is 0 Å². The smallest absolute Gasteiger partial charge is 0.317 e. The molecule has 120 valence electrons. The van der Waals surface area contributed by atoms with Crippen molar-refractivity contribution in [1.82, 2.24) is 15.1 Å². The van der Waals surface area contributed by atoms with Crippen LogP contribution in [-0.2, 0) is 0 Å². The van der Waals surface area contributed by atoms with Gasteiger partial charge in [0.1, 0.15) is 5.82 Å². The molecule has 0 aromatic heterocycles. The van der Waals surface area contributed by atoms with Crippen LogP contribution in [0.25, 0.3) is 0 Å². The molecule has 7 heteroatoms. The van der Waals surface area contributed by atoms with Crippen LogP contribution in [0.3, 0.4) is 0 Å². The number of carbonyl (C=O) groups is 2. The number of hydrogen-bond donors (Lipinski definition) is 1. The third kappa shape index (κ3) is 3.97. The molecule has 3 amide bonds. The van der Waals surface area contributed by atoms with Crippen LogP contribution >= 0.6 is 15.9 Å². The molecule has 0 radical (unpaired) electrons. The molecular weight excluding hydrogens is 353 g/mol. The third-order valence-corrected chi connectivity index (χ3v) is 4.03. The van der Waals surface area contributed by atoms with Gasteiger partial charge in [0.25, 0.3) is 5.91 Å². The number of urea groups is 1. The highest BCUT2D eigenvalue weighted by atomic mass is 79.9. The summed E-state index contributed by atoms with van der Waals surface area (Å²) in [5.41, 5.74) is 0.0539. The van der Waals surface area contributed by atoms with Crippen LogP contribution in [0.4, 0.5) is 9.18 Å². The lowest BCUT2D eigenvalue weighted by atomic mass is 10.1.